The van der Waals surface area contributed by atoms with Gasteiger partial charge < -0.3 is 4.42 Å². The summed E-state index contributed by atoms with van der Waals surface area (Å²) in [5, 5.41) is 0. The van der Waals surface area contributed by atoms with Crippen LogP contribution in [0, 0.1) is 17.5 Å². The number of hydrogen-bond donors (Lipinski definition) is 0. The first kappa shape index (κ1) is 12.5. The van der Waals surface area contributed by atoms with E-state index >= 15 is 0 Å². The van der Waals surface area contributed by atoms with Gasteiger partial charge in [0.25, 0.3) is 0 Å². The van der Waals surface area contributed by atoms with Gasteiger partial charge in [0.2, 0.25) is 0 Å². The lowest BCUT2D eigenvalue weighted by atomic mass is 10.1. The summed E-state index contributed by atoms with van der Waals surface area (Å²) in [6.45, 7) is 0. The average molecular weight is 266 g/mol. The van der Waals surface area contributed by atoms with Crippen molar-refractivity contribution in [1.82, 2.24) is 0 Å². The molecule has 0 fully saturated rings. The quantitative estimate of drug-likeness (QED) is 0.551. The molecule has 1 aromatic heterocycles. The molecule has 1 heterocycles. The lowest BCUT2D eigenvalue weighted by Gasteiger charge is -2.11. The van der Waals surface area contributed by atoms with Gasteiger partial charge in [-0.3, -0.25) is 0 Å². The van der Waals surface area contributed by atoms with Crippen LogP contribution in [-0.2, 0) is 6.18 Å². The fraction of sp³-hybridized carbons (Fsp3) is 0.0909. The van der Waals surface area contributed by atoms with E-state index in [-0.39, 0.29) is 11.8 Å². The standard InChI is InChI=1S/C11H4F6O/c12-6-4-5(7-2-1-3-18-7)9(13)10(14)8(6)11(15,16)17/h1-4H. The lowest BCUT2D eigenvalue weighted by Crippen LogP contribution is -2.13. The number of halogens is 6. The van der Waals surface area contributed by atoms with Crippen molar-refractivity contribution in [2.75, 3.05) is 0 Å². The molecule has 2 rings (SSSR count). The fourth-order valence-electron chi connectivity index (χ4n) is 1.47. The van der Waals surface area contributed by atoms with E-state index in [2.05, 4.69) is 4.42 Å². The molecule has 96 valence electrons. The zero-order valence-corrected chi connectivity index (χ0v) is 8.49. The molecule has 0 amide bonds. The molecule has 0 spiro atoms. The Hall–Kier alpha value is -1.92. The lowest BCUT2D eigenvalue weighted by molar-refractivity contribution is -0.142. The van der Waals surface area contributed by atoms with Crippen molar-refractivity contribution in [2.24, 2.45) is 0 Å². The summed E-state index contributed by atoms with van der Waals surface area (Å²) in [6.07, 6.45) is -4.21. The monoisotopic (exact) mass is 266 g/mol. The van der Waals surface area contributed by atoms with E-state index in [9.17, 15) is 26.3 Å². The second kappa shape index (κ2) is 4.08. The third kappa shape index (κ3) is 1.96. The maximum Gasteiger partial charge on any atom is 0.422 e. The van der Waals surface area contributed by atoms with E-state index in [4.69, 9.17) is 0 Å². The Kier molecular flexibility index (Phi) is 2.84. The molecule has 0 atom stereocenters. The molecular formula is C11H4F6O. The first-order valence-electron chi connectivity index (χ1n) is 4.61. The van der Waals surface area contributed by atoms with Gasteiger partial charge in [-0.25, -0.2) is 13.2 Å². The molecule has 0 aliphatic rings. The number of hydrogen-bond acceptors (Lipinski definition) is 1. The molecule has 0 saturated heterocycles. The summed E-state index contributed by atoms with van der Waals surface area (Å²) in [5.74, 6) is -6.25. The third-order valence-electron chi connectivity index (χ3n) is 2.23. The van der Waals surface area contributed by atoms with Crippen molar-refractivity contribution in [3.8, 4) is 11.3 Å². The van der Waals surface area contributed by atoms with Gasteiger partial charge in [-0.15, -0.1) is 0 Å². The molecule has 0 N–H and O–H groups in total. The third-order valence-corrected chi connectivity index (χ3v) is 2.23. The van der Waals surface area contributed by atoms with Gasteiger partial charge in [-0.1, -0.05) is 0 Å². The highest BCUT2D eigenvalue weighted by Gasteiger charge is 2.40. The molecule has 0 aliphatic carbocycles. The first-order valence-corrected chi connectivity index (χ1v) is 4.61. The highest BCUT2D eigenvalue weighted by molar-refractivity contribution is 5.59. The van der Waals surface area contributed by atoms with Crippen LogP contribution in [0.5, 0.6) is 0 Å². The Labute approximate surface area is 96.6 Å². The van der Waals surface area contributed by atoms with Gasteiger partial charge in [0.05, 0.1) is 11.8 Å². The molecule has 0 saturated carbocycles. The van der Waals surface area contributed by atoms with Crippen LogP contribution >= 0.6 is 0 Å². The van der Waals surface area contributed by atoms with Crippen LogP contribution in [0.2, 0.25) is 0 Å². The maximum absolute atomic E-state index is 13.4. The van der Waals surface area contributed by atoms with Crippen LogP contribution < -0.4 is 0 Å². The van der Waals surface area contributed by atoms with E-state index < -0.39 is 34.8 Å². The van der Waals surface area contributed by atoms with Gasteiger partial charge in [0.15, 0.2) is 11.6 Å². The van der Waals surface area contributed by atoms with Crippen molar-refractivity contribution in [2.45, 2.75) is 6.18 Å². The highest BCUT2D eigenvalue weighted by atomic mass is 19.4. The summed E-state index contributed by atoms with van der Waals surface area (Å²) in [4.78, 5) is 0. The molecule has 18 heavy (non-hydrogen) atoms. The molecule has 1 aromatic carbocycles. The van der Waals surface area contributed by atoms with Crippen LogP contribution in [0.15, 0.2) is 28.9 Å². The van der Waals surface area contributed by atoms with E-state index in [1.807, 2.05) is 0 Å². The van der Waals surface area contributed by atoms with Gasteiger partial charge >= 0.3 is 6.18 Å². The predicted molar refractivity (Wildman–Crippen MR) is 49.0 cm³/mol. The minimum Gasteiger partial charge on any atom is -0.464 e. The second-order valence-corrected chi connectivity index (χ2v) is 3.38. The molecule has 1 nitrogen and oxygen atoms in total. The van der Waals surface area contributed by atoms with Gasteiger partial charge in [-0.2, -0.15) is 13.2 Å². The summed E-state index contributed by atoms with van der Waals surface area (Å²) in [7, 11) is 0. The average Bonchev–Trinajstić information content (AvgIpc) is 2.74. The van der Waals surface area contributed by atoms with Crippen LogP contribution in [0.1, 0.15) is 5.56 Å². The highest BCUT2D eigenvalue weighted by Crippen LogP contribution is 2.37. The molecule has 0 aliphatic heterocycles. The predicted octanol–water partition coefficient (Wildman–Crippen LogP) is 4.38. The zero-order valence-electron chi connectivity index (χ0n) is 8.49. The molecule has 0 radical (unpaired) electrons. The number of rotatable bonds is 1. The summed E-state index contributed by atoms with van der Waals surface area (Å²) in [6, 6.07) is 2.73. The number of benzene rings is 1. The van der Waals surface area contributed by atoms with Crippen LogP contribution in [0.4, 0.5) is 26.3 Å². The normalized spacial score (nSPS) is 11.9. The van der Waals surface area contributed by atoms with Crippen molar-refractivity contribution >= 4 is 0 Å². The summed E-state index contributed by atoms with van der Waals surface area (Å²) < 4.78 is 81.4. The van der Waals surface area contributed by atoms with Crippen LogP contribution in [0.3, 0.4) is 0 Å². The SMILES string of the molecule is Fc1cc(-c2ccco2)c(F)c(F)c1C(F)(F)F. The molecule has 2 aromatic rings. The molecule has 0 unspecified atom stereocenters. The van der Waals surface area contributed by atoms with Crippen molar-refractivity contribution in [1.29, 1.82) is 0 Å². The van der Waals surface area contributed by atoms with Crippen molar-refractivity contribution in [3.63, 3.8) is 0 Å². The number of alkyl halides is 3. The fourth-order valence-corrected chi connectivity index (χ4v) is 1.47. The smallest absolute Gasteiger partial charge is 0.422 e. The molecular weight excluding hydrogens is 262 g/mol. The summed E-state index contributed by atoms with van der Waals surface area (Å²) in [5.41, 5.74) is -2.96. The van der Waals surface area contributed by atoms with Crippen molar-refractivity contribution in [3.05, 3.63) is 47.5 Å². The van der Waals surface area contributed by atoms with Crippen LogP contribution in [0.25, 0.3) is 11.3 Å². The minimum atomic E-state index is -5.31. The van der Waals surface area contributed by atoms with Gasteiger partial charge in [0.1, 0.15) is 17.1 Å². The van der Waals surface area contributed by atoms with E-state index in [0.29, 0.717) is 0 Å². The topological polar surface area (TPSA) is 13.1 Å². The van der Waals surface area contributed by atoms with Gasteiger partial charge in [-0.05, 0) is 18.2 Å². The zero-order chi connectivity index (χ0) is 13.5. The van der Waals surface area contributed by atoms with Crippen molar-refractivity contribution < 1.29 is 30.8 Å². The van der Waals surface area contributed by atoms with E-state index in [1.165, 1.54) is 12.1 Å². The first-order chi connectivity index (χ1) is 8.32. The Balaban J connectivity index is 2.70. The van der Waals surface area contributed by atoms with E-state index in [0.717, 1.165) is 6.26 Å². The Bertz CT molecular complexity index is 570. The maximum atomic E-state index is 13.4. The van der Waals surface area contributed by atoms with Gasteiger partial charge in [0, 0.05) is 0 Å². The minimum absolute atomic E-state index is 0.250. The van der Waals surface area contributed by atoms with Crippen LogP contribution in [-0.4, -0.2) is 0 Å². The second-order valence-electron chi connectivity index (χ2n) is 3.38. The Morgan fingerprint density at radius 1 is 1.00 bits per heavy atom. The molecule has 7 heteroatoms. The summed E-state index contributed by atoms with van der Waals surface area (Å²) >= 11 is 0. The van der Waals surface area contributed by atoms with E-state index in [1.54, 1.807) is 0 Å². The Morgan fingerprint density at radius 3 is 2.17 bits per heavy atom. The Morgan fingerprint density at radius 2 is 1.67 bits per heavy atom. The largest absolute Gasteiger partial charge is 0.464 e. The number of furan rings is 1. The molecule has 0 bridgehead atoms.